The van der Waals surface area contributed by atoms with Crippen molar-refractivity contribution < 1.29 is 20.1 Å². The molecule has 3 unspecified atom stereocenters. The van der Waals surface area contributed by atoms with Gasteiger partial charge >= 0.3 is 0 Å². The lowest BCUT2D eigenvalue weighted by Crippen LogP contribution is -2.49. The van der Waals surface area contributed by atoms with Crippen LogP contribution in [0.4, 0.5) is 0 Å². The van der Waals surface area contributed by atoms with Gasteiger partial charge in [0.25, 0.3) is 0 Å². The summed E-state index contributed by atoms with van der Waals surface area (Å²) in [5.74, 6) is -0.463. The number of carbonyl (C=O) groups excluding carboxylic acids is 1. The summed E-state index contributed by atoms with van der Waals surface area (Å²) in [6.45, 7) is 4.27. The van der Waals surface area contributed by atoms with Crippen LogP contribution < -0.4 is 5.32 Å². The molecule has 0 bridgehead atoms. The van der Waals surface area contributed by atoms with Crippen LogP contribution in [0.2, 0.25) is 0 Å². The lowest BCUT2D eigenvalue weighted by molar-refractivity contribution is -0.131. The second kappa shape index (κ2) is 49.0. The zero-order chi connectivity index (χ0) is 42.3. The number of rotatable bonds is 50. The van der Waals surface area contributed by atoms with Gasteiger partial charge in [-0.25, -0.2) is 0 Å². The van der Waals surface area contributed by atoms with E-state index in [1.54, 1.807) is 0 Å². The first-order valence-corrected chi connectivity index (χ1v) is 26.8. The standard InChI is InChI=1S/C53H107NO4/c1-3-5-7-9-11-13-15-17-19-21-23-24-25-26-27-28-29-30-32-34-36-38-40-42-44-46-48-52(57)53(58)54-50(49-55)51(56)47-45-43-41-39-37-35-33-31-22-20-18-16-14-12-10-8-6-4-2/h50-52,55-57H,3-49H2,1-2H3,(H,54,58). The third-order valence-corrected chi connectivity index (χ3v) is 13.0. The Morgan fingerprint density at radius 3 is 0.776 bits per heavy atom. The highest BCUT2D eigenvalue weighted by Gasteiger charge is 2.23. The smallest absolute Gasteiger partial charge is 0.249 e. The monoisotopic (exact) mass is 822 g/mol. The molecule has 348 valence electrons. The lowest BCUT2D eigenvalue weighted by Gasteiger charge is -2.23. The Morgan fingerprint density at radius 2 is 0.552 bits per heavy atom. The van der Waals surface area contributed by atoms with Crippen molar-refractivity contribution in [2.75, 3.05) is 6.61 Å². The molecule has 4 N–H and O–H groups in total. The van der Waals surface area contributed by atoms with E-state index in [2.05, 4.69) is 19.2 Å². The van der Waals surface area contributed by atoms with Gasteiger partial charge in [0.1, 0.15) is 6.10 Å². The predicted octanol–water partition coefficient (Wildman–Crippen LogP) is 16.2. The van der Waals surface area contributed by atoms with E-state index in [-0.39, 0.29) is 6.61 Å². The fourth-order valence-electron chi connectivity index (χ4n) is 8.78. The Labute approximate surface area is 364 Å². The van der Waals surface area contributed by atoms with E-state index in [4.69, 9.17) is 0 Å². The number of amides is 1. The van der Waals surface area contributed by atoms with Crippen LogP contribution in [-0.4, -0.2) is 46.1 Å². The SMILES string of the molecule is CCCCCCCCCCCCCCCCCCCCCCCCCCCCC(O)C(=O)NC(CO)C(O)CCCCCCCCCCCCCCCCCCCC. The third-order valence-electron chi connectivity index (χ3n) is 13.0. The molecule has 0 heterocycles. The molecule has 0 aromatic rings. The van der Waals surface area contributed by atoms with Gasteiger partial charge in [0.05, 0.1) is 18.8 Å². The van der Waals surface area contributed by atoms with Gasteiger partial charge < -0.3 is 20.6 Å². The quantitative estimate of drug-likeness (QED) is 0.0460. The van der Waals surface area contributed by atoms with Gasteiger partial charge in [0, 0.05) is 0 Å². The predicted molar refractivity (Wildman–Crippen MR) is 255 cm³/mol. The number of aliphatic hydroxyl groups excluding tert-OH is 3. The topological polar surface area (TPSA) is 89.8 Å². The van der Waals surface area contributed by atoms with Crippen molar-refractivity contribution in [1.29, 1.82) is 0 Å². The van der Waals surface area contributed by atoms with Crippen molar-refractivity contribution in [2.45, 2.75) is 327 Å². The Hall–Kier alpha value is -0.650. The molecule has 0 saturated heterocycles. The maximum atomic E-state index is 12.5. The first-order valence-electron chi connectivity index (χ1n) is 26.8. The van der Waals surface area contributed by atoms with E-state index < -0.39 is 24.2 Å². The van der Waals surface area contributed by atoms with E-state index in [0.717, 1.165) is 32.1 Å². The number of aliphatic hydroxyl groups is 3. The number of carbonyl (C=O) groups is 1. The molecule has 0 fully saturated rings. The Kier molecular flexibility index (Phi) is 48.5. The average Bonchev–Trinajstić information content (AvgIpc) is 3.23. The first-order chi connectivity index (χ1) is 28.6. The molecular formula is C53H107NO4. The van der Waals surface area contributed by atoms with E-state index in [1.165, 1.54) is 250 Å². The van der Waals surface area contributed by atoms with Crippen LogP contribution >= 0.6 is 0 Å². The maximum Gasteiger partial charge on any atom is 0.249 e. The molecule has 5 heteroatoms. The molecule has 5 nitrogen and oxygen atoms in total. The summed E-state index contributed by atoms with van der Waals surface area (Å²) in [6, 6.07) is -0.707. The molecule has 0 radical (unpaired) electrons. The summed E-state index contributed by atoms with van der Waals surface area (Å²) in [5, 5.41) is 33.5. The highest BCUT2D eigenvalue weighted by molar-refractivity contribution is 5.80. The van der Waals surface area contributed by atoms with E-state index in [9.17, 15) is 20.1 Å². The zero-order valence-corrected chi connectivity index (χ0v) is 39.7. The van der Waals surface area contributed by atoms with Crippen LogP contribution in [0.15, 0.2) is 0 Å². The number of hydrogen-bond donors (Lipinski definition) is 4. The Balaban J connectivity index is 3.49. The summed E-state index contributed by atoms with van der Waals surface area (Å²) < 4.78 is 0. The minimum absolute atomic E-state index is 0.307. The molecule has 3 atom stereocenters. The van der Waals surface area contributed by atoms with Crippen LogP contribution in [0.5, 0.6) is 0 Å². The summed E-state index contributed by atoms with van der Waals surface area (Å²) in [4.78, 5) is 12.5. The van der Waals surface area contributed by atoms with Crippen LogP contribution in [0.1, 0.15) is 309 Å². The molecule has 58 heavy (non-hydrogen) atoms. The highest BCUT2D eigenvalue weighted by Crippen LogP contribution is 2.18. The minimum Gasteiger partial charge on any atom is -0.394 e. The molecule has 0 aromatic carbocycles. The molecule has 0 aliphatic rings. The van der Waals surface area contributed by atoms with Gasteiger partial charge in [-0.15, -0.1) is 0 Å². The van der Waals surface area contributed by atoms with Gasteiger partial charge in [-0.05, 0) is 12.8 Å². The number of unbranched alkanes of at least 4 members (excludes halogenated alkanes) is 42. The Morgan fingerprint density at radius 1 is 0.345 bits per heavy atom. The molecular weight excluding hydrogens is 715 g/mol. The van der Waals surface area contributed by atoms with Gasteiger partial charge in [-0.3, -0.25) is 4.79 Å². The largest absolute Gasteiger partial charge is 0.394 e. The van der Waals surface area contributed by atoms with Gasteiger partial charge in [-0.1, -0.05) is 296 Å². The van der Waals surface area contributed by atoms with Crippen LogP contribution in [-0.2, 0) is 4.79 Å². The first kappa shape index (κ1) is 57.3. The zero-order valence-electron chi connectivity index (χ0n) is 39.7. The summed E-state index contributed by atoms with van der Waals surface area (Å²) in [5.41, 5.74) is 0. The molecule has 1 amide bonds. The normalized spacial score (nSPS) is 13.3. The molecule has 0 aromatic heterocycles. The van der Waals surface area contributed by atoms with Gasteiger partial charge in [0.2, 0.25) is 5.91 Å². The van der Waals surface area contributed by atoms with Crippen LogP contribution in [0.3, 0.4) is 0 Å². The second-order valence-electron chi connectivity index (χ2n) is 18.8. The van der Waals surface area contributed by atoms with E-state index >= 15 is 0 Å². The van der Waals surface area contributed by atoms with Crippen molar-refractivity contribution in [1.82, 2.24) is 5.32 Å². The van der Waals surface area contributed by atoms with Crippen molar-refractivity contribution in [3.05, 3.63) is 0 Å². The summed E-state index contributed by atoms with van der Waals surface area (Å²) in [7, 11) is 0. The fraction of sp³-hybridized carbons (Fsp3) is 0.981. The Bertz CT molecular complexity index is 777. The second-order valence-corrected chi connectivity index (χ2v) is 18.8. The van der Waals surface area contributed by atoms with Crippen LogP contribution in [0.25, 0.3) is 0 Å². The number of nitrogens with one attached hydrogen (secondary N) is 1. The summed E-state index contributed by atoms with van der Waals surface area (Å²) >= 11 is 0. The fourth-order valence-corrected chi connectivity index (χ4v) is 8.78. The van der Waals surface area contributed by atoms with Crippen molar-refractivity contribution >= 4 is 5.91 Å². The van der Waals surface area contributed by atoms with Crippen LogP contribution in [0, 0.1) is 0 Å². The van der Waals surface area contributed by atoms with Gasteiger partial charge in [0.15, 0.2) is 0 Å². The van der Waals surface area contributed by atoms with E-state index in [0.29, 0.717) is 12.8 Å². The third kappa shape index (κ3) is 43.4. The van der Waals surface area contributed by atoms with Gasteiger partial charge in [-0.2, -0.15) is 0 Å². The molecule has 0 spiro atoms. The molecule has 0 aliphatic heterocycles. The van der Waals surface area contributed by atoms with Crippen molar-refractivity contribution in [3.63, 3.8) is 0 Å². The molecule has 0 aliphatic carbocycles. The lowest BCUT2D eigenvalue weighted by atomic mass is 10.0. The average molecular weight is 822 g/mol. The molecule has 0 saturated carbocycles. The minimum atomic E-state index is -1.07. The van der Waals surface area contributed by atoms with Crippen molar-refractivity contribution in [3.8, 4) is 0 Å². The summed E-state index contributed by atoms with van der Waals surface area (Å²) in [6.07, 6.45) is 58.5. The maximum absolute atomic E-state index is 12.5. The number of hydrogen-bond acceptors (Lipinski definition) is 4. The van der Waals surface area contributed by atoms with E-state index in [1.807, 2.05) is 0 Å². The molecule has 0 rings (SSSR count). The highest BCUT2D eigenvalue weighted by atomic mass is 16.3. The van der Waals surface area contributed by atoms with Crippen molar-refractivity contribution in [2.24, 2.45) is 0 Å².